The number of methoxy groups -OCH3 is 1. The first-order valence-corrected chi connectivity index (χ1v) is 6.89. The fourth-order valence-corrected chi connectivity index (χ4v) is 2.51. The van der Waals surface area contributed by atoms with Crippen molar-refractivity contribution in [3.63, 3.8) is 0 Å². The van der Waals surface area contributed by atoms with Crippen LogP contribution in [0.1, 0.15) is 16.7 Å². The van der Waals surface area contributed by atoms with E-state index >= 15 is 0 Å². The van der Waals surface area contributed by atoms with E-state index in [1.165, 1.54) is 16.7 Å². The third kappa shape index (κ3) is 2.57. The predicted molar refractivity (Wildman–Crippen MR) is 80.7 cm³/mol. The third-order valence-corrected chi connectivity index (χ3v) is 3.67. The van der Waals surface area contributed by atoms with Crippen LogP contribution in [-0.2, 0) is 13.0 Å². The standard InChI is InChI=1S/C17H19NO2/c1-12-9-15(19-2)4-5-16(12)18-11-13-3-6-17-14(10-13)7-8-20-17/h3-6,9-10,18H,7-8,11H2,1-2H3. The number of hydrogen-bond acceptors (Lipinski definition) is 3. The molecule has 2 aromatic carbocycles. The highest BCUT2D eigenvalue weighted by Gasteiger charge is 2.11. The summed E-state index contributed by atoms with van der Waals surface area (Å²) in [7, 11) is 1.69. The third-order valence-electron chi connectivity index (χ3n) is 3.67. The fourth-order valence-electron chi connectivity index (χ4n) is 2.51. The van der Waals surface area contributed by atoms with Gasteiger partial charge in [-0.05, 0) is 47.9 Å². The van der Waals surface area contributed by atoms with Crippen LogP contribution < -0.4 is 14.8 Å². The summed E-state index contributed by atoms with van der Waals surface area (Å²) in [6.45, 7) is 3.71. The van der Waals surface area contributed by atoms with Gasteiger partial charge in [0.1, 0.15) is 11.5 Å². The van der Waals surface area contributed by atoms with Crippen LogP contribution in [0.15, 0.2) is 36.4 Å². The Morgan fingerprint density at radius 2 is 2.10 bits per heavy atom. The van der Waals surface area contributed by atoms with Gasteiger partial charge in [0.2, 0.25) is 0 Å². The van der Waals surface area contributed by atoms with E-state index < -0.39 is 0 Å². The van der Waals surface area contributed by atoms with E-state index in [0.29, 0.717) is 0 Å². The SMILES string of the molecule is COc1ccc(NCc2ccc3c(c2)CCO3)c(C)c1. The quantitative estimate of drug-likeness (QED) is 0.920. The number of anilines is 1. The van der Waals surface area contributed by atoms with Gasteiger partial charge in [-0.25, -0.2) is 0 Å². The number of nitrogens with one attached hydrogen (secondary N) is 1. The van der Waals surface area contributed by atoms with Crippen LogP contribution in [0.2, 0.25) is 0 Å². The molecule has 0 unspecified atom stereocenters. The minimum absolute atomic E-state index is 0.809. The van der Waals surface area contributed by atoms with Crippen molar-refractivity contribution in [3.05, 3.63) is 53.1 Å². The summed E-state index contributed by atoms with van der Waals surface area (Å²) in [5.74, 6) is 1.93. The van der Waals surface area contributed by atoms with Crippen LogP contribution >= 0.6 is 0 Å². The smallest absolute Gasteiger partial charge is 0.122 e. The number of aryl methyl sites for hydroxylation is 1. The molecule has 1 N–H and O–H groups in total. The van der Waals surface area contributed by atoms with E-state index in [4.69, 9.17) is 9.47 Å². The topological polar surface area (TPSA) is 30.5 Å². The number of ether oxygens (including phenoxy) is 2. The summed E-state index contributed by atoms with van der Waals surface area (Å²) in [5.41, 5.74) is 4.93. The average Bonchev–Trinajstić information content (AvgIpc) is 2.93. The lowest BCUT2D eigenvalue weighted by Gasteiger charge is -2.11. The first kappa shape index (κ1) is 12.9. The molecule has 1 heterocycles. The molecule has 0 radical (unpaired) electrons. The Kier molecular flexibility index (Phi) is 3.50. The zero-order chi connectivity index (χ0) is 13.9. The van der Waals surface area contributed by atoms with Gasteiger partial charge in [-0.1, -0.05) is 12.1 Å². The first-order valence-electron chi connectivity index (χ1n) is 6.89. The Morgan fingerprint density at radius 3 is 2.90 bits per heavy atom. The van der Waals surface area contributed by atoms with Gasteiger partial charge >= 0.3 is 0 Å². The zero-order valence-electron chi connectivity index (χ0n) is 11.9. The van der Waals surface area contributed by atoms with Crippen LogP contribution in [0, 0.1) is 6.92 Å². The van der Waals surface area contributed by atoms with Gasteiger partial charge in [-0.15, -0.1) is 0 Å². The van der Waals surface area contributed by atoms with Crippen molar-refractivity contribution in [2.45, 2.75) is 19.9 Å². The van der Waals surface area contributed by atoms with Gasteiger partial charge in [0.05, 0.1) is 13.7 Å². The molecule has 0 saturated carbocycles. The molecule has 2 aromatic rings. The monoisotopic (exact) mass is 269 g/mol. The summed E-state index contributed by atoms with van der Waals surface area (Å²) < 4.78 is 10.7. The second-order valence-electron chi connectivity index (χ2n) is 5.07. The molecular weight excluding hydrogens is 250 g/mol. The van der Waals surface area contributed by atoms with Gasteiger partial charge < -0.3 is 14.8 Å². The summed E-state index contributed by atoms with van der Waals surface area (Å²) in [6.07, 6.45) is 1.02. The largest absolute Gasteiger partial charge is 0.497 e. The number of hydrogen-bond donors (Lipinski definition) is 1. The van der Waals surface area contributed by atoms with Crippen LogP contribution in [0.25, 0.3) is 0 Å². The van der Waals surface area contributed by atoms with E-state index in [2.05, 4.69) is 36.5 Å². The molecule has 0 bridgehead atoms. The molecule has 3 nitrogen and oxygen atoms in total. The van der Waals surface area contributed by atoms with Crippen LogP contribution in [0.4, 0.5) is 5.69 Å². The number of benzene rings is 2. The van der Waals surface area contributed by atoms with Crippen LogP contribution in [-0.4, -0.2) is 13.7 Å². The average molecular weight is 269 g/mol. The zero-order valence-corrected chi connectivity index (χ0v) is 11.9. The second-order valence-corrected chi connectivity index (χ2v) is 5.07. The number of fused-ring (bicyclic) bond motifs is 1. The van der Waals surface area contributed by atoms with Gasteiger partial charge in [-0.3, -0.25) is 0 Å². The summed E-state index contributed by atoms with van der Waals surface area (Å²) in [5, 5.41) is 3.48. The van der Waals surface area contributed by atoms with Gasteiger partial charge in [-0.2, -0.15) is 0 Å². The van der Waals surface area contributed by atoms with E-state index in [0.717, 1.165) is 36.8 Å². The lowest BCUT2D eigenvalue weighted by atomic mass is 10.1. The van der Waals surface area contributed by atoms with E-state index in [1.54, 1.807) is 7.11 Å². The molecule has 0 aromatic heterocycles. The van der Waals surface area contributed by atoms with E-state index in [-0.39, 0.29) is 0 Å². The molecule has 0 atom stereocenters. The van der Waals surface area contributed by atoms with Crippen molar-refractivity contribution in [2.75, 3.05) is 19.0 Å². The van der Waals surface area contributed by atoms with Crippen molar-refractivity contribution in [3.8, 4) is 11.5 Å². The maximum atomic E-state index is 5.53. The molecule has 3 heteroatoms. The minimum atomic E-state index is 0.809. The highest BCUT2D eigenvalue weighted by Crippen LogP contribution is 2.27. The lowest BCUT2D eigenvalue weighted by Crippen LogP contribution is -2.01. The van der Waals surface area contributed by atoms with Gasteiger partial charge in [0.15, 0.2) is 0 Å². The second kappa shape index (κ2) is 5.45. The van der Waals surface area contributed by atoms with Crippen LogP contribution in [0.3, 0.4) is 0 Å². The fraction of sp³-hybridized carbons (Fsp3) is 0.294. The Hall–Kier alpha value is -2.16. The van der Waals surface area contributed by atoms with Gasteiger partial charge in [0.25, 0.3) is 0 Å². The highest BCUT2D eigenvalue weighted by molar-refractivity contribution is 5.54. The molecule has 0 spiro atoms. The minimum Gasteiger partial charge on any atom is -0.497 e. The molecule has 0 fully saturated rings. The molecule has 0 saturated heterocycles. The maximum Gasteiger partial charge on any atom is 0.122 e. The maximum absolute atomic E-state index is 5.53. The molecule has 0 amide bonds. The van der Waals surface area contributed by atoms with Crippen molar-refractivity contribution in [2.24, 2.45) is 0 Å². The van der Waals surface area contributed by atoms with Crippen molar-refractivity contribution < 1.29 is 9.47 Å². The lowest BCUT2D eigenvalue weighted by molar-refractivity contribution is 0.357. The van der Waals surface area contributed by atoms with Crippen molar-refractivity contribution in [1.29, 1.82) is 0 Å². The molecule has 104 valence electrons. The molecule has 3 rings (SSSR count). The Balaban J connectivity index is 1.70. The van der Waals surface area contributed by atoms with Crippen LogP contribution in [0.5, 0.6) is 11.5 Å². The molecule has 20 heavy (non-hydrogen) atoms. The summed E-state index contributed by atoms with van der Waals surface area (Å²) in [6, 6.07) is 12.5. The predicted octanol–water partition coefficient (Wildman–Crippen LogP) is 3.55. The molecular formula is C17H19NO2. The summed E-state index contributed by atoms with van der Waals surface area (Å²) in [4.78, 5) is 0. The number of rotatable bonds is 4. The van der Waals surface area contributed by atoms with Crippen molar-refractivity contribution in [1.82, 2.24) is 0 Å². The van der Waals surface area contributed by atoms with Crippen molar-refractivity contribution >= 4 is 5.69 Å². The molecule has 1 aliphatic rings. The van der Waals surface area contributed by atoms with Gasteiger partial charge in [0, 0.05) is 18.7 Å². The molecule has 1 aliphatic heterocycles. The Labute approximate surface area is 119 Å². The van der Waals surface area contributed by atoms with E-state index in [1.807, 2.05) is 12.1 Å². The highest BCUT2D eigenvalue weighted by atomic mass is 16.5. The Morgan fingerprint density at radius 1 is 1.20 bits per heavy atom. The first-order chi connectivity index (χ1) is 9.76. The van der Waals surface area contributed by atoms with E-state index in [9.17, 15) is 0 Å². The molecule has 0 aliphatic carbocycles. The summed E-state index contributed by atoms with van der Waals surface area (Å²) >= 11 is 0. The Bertz CT molecular complexity index is 622. The normalized spacial score (nSPS) is 12.7.